The van der Waals surface area contributed by atoms with E-state index in [1.807, 2.05) is 12.1 Å². The van der Waals surface area contributed by atoms with E-state index in [2.05, 4.69) is 41.1 Å². The zero-order valence-electron chi connectivity index (χ0n) is 10.7. The van der Waals surface area contributed by atoms with Gasteiger partial charge >= 0.3 is 0 Å². The van der Waals surface area contributed by atoms with Gasteiger partial charge in [0.1, 0.15) is 5.76 Å². The second kappa shape index (κ2) is 4.16. The van der Waals surface area contributed by atoms with E-state index in [4.69, 9.17) is 4.42 Å². The first-order chi connectivity index (χ1) is 9.43. The molecule has 1 aliphatic heterocycles. The molecular formula is C17H15NO. The maximum absolute atomic E-state index is 5.61. The van der Waals surface area contributed by atoms with E-state index in [1.165, 1.54) is 28.8 Å². The van der Waals surface area contributed by atoms with Crippen LogP contribution in [0.1, 0.15) is 12.1 Å². The summed E-state index contributed by atoms with van der Waals surface area (Å²) in [6, 6.07) is 14.6. The topological polar surface area (TPSA) is 18.1 Å². The molecule has 0 unspecified atom stereocenters. The molecule has 0 spiro atoms. The lowest BCUT2D eigenvalue weighted by Gasteiger charge is -2.05. The van der Waals surface area contributed by atoms with Crippen LogP contribution in [-0.2, 0) is 13.0 Å². The molecule has 4 rings (SSSR count). The normalized spacial score (nSPS) is 13.7. The van der Waals surface area contributed by atoms with Crippen molar-refractivity contribution < 1.29 is 4.42 Å². The van der Waals surface area contributed by atoms with Gasteiger partial charge in [-0.1, -0.05) is 30.3 Å². The number of aromatic nitrogens is 1. The summed E-state index contributed by atoms with van der Waals surface area (Å²) in [7, 11) is 0. The third-order valence-electron chi connectivity index (χ3n) is 3.85. The van der Waals surface area contributed by atoms with Gasteiger partial charge in [0.15, 0.2) is 0 Å². The number of nitrogens with zero attached hydrogens (tertiary/aromatic N) is 1. The highest BCUT2D eigenvalue weighted by Crippen LogP contribution is 2.39. The van der Waals surface area contributed by atoms with Gasteiger partial charge in [-0.05, 0) is 30.5 Å². The molecule has 94 valence electrons. The first kappa shape index (κ1) is 10.7. The Morgan fingerprint density at radius 1 is 1.00 bits per heavy atom. The summed E-state index contributed by atoms with van der Waals surface area (Å²) >= 11 is 0. The van der Waals surface area contributed by atoms with E-state index in [-0.39, 0.29) is 0 Å². The molecule has 0 saturated carbocycles. The zero-order chi connectivity index (χ0) is 12.7. The smallest absolute Gasteiger partial charge is 0.136 e. The molecule has 19 heavy (non-hydrogen) atoms. The molecule has 0 aliphatic carbocycles. The number of hydrogen-bond acceptors (Lipinski definition) is 1. The highest BCUT2D eigenvalue weighted by atomic mass is 16.3. The molecule has 0 N–H and O–H groups in total. The lowest BCUT2D eigenvalue weighted by Crippen LogP contribution is -1.88. The van der Waals surface area contributed by atoms with E-state index < -0.39 is 0 Å². The lowest BCUT2D eigenvalue weighted by molar-refractivity contribution is 0.582. The van der Waals surface area contributed by atoms with E-state index in [9.17, 15) is 0 Å². The van der Waals surface area contributed by atoms with Crippen molar-refractivity contribution in [2.75, 3.05) is 0 Å². The summed E-state index contributed by atoms with van der Waals surface area (Å²) in [4.78, 5) is 0. The number of aryl methyl sites for hydroxylation is 1. The molecule has 1 aromatic carbocycles. The Kier molecular flexibility index (Phi) is 2.34. The average Bonchev–Trinajstić information content (AvgIpc) is 3.15. The van der Waals surface area contributed by atoms with Crippen LogP contribution in [0.2, 0.25) is 0 Å². The minimum atomic E-state index is 0.959. The van der Waals surface area contributed by atoms with Crippen molar-refractivity contribution in [2.45, 2.75) is 19.4 Å². The van der Waals surface area contributed by atoms with Crippen molar-refractivity contribution in [3.63, 3.8) is 0 Å². The Morgan fingerprint density at radius 2 is 1.89 bits per heavy atom. The minimum absolute atomic E-state index is 0.959. The standard InChI is InChI=1S/C17H15NO/c1-2-6-13(7-3-1)17-14(16-9-5-11-19-16)12-18-10-4-8-15(17)18/h1-3,5-7,9,11-12H,4,8,10H2. The molecular weight excluding hydrogens is 234 g/mol. The maximum atomic E-state index is 5.61. The molecule has 0 radical (unpaired) electrons. The Labute approximate surface area is 112 Å². The van der Waals surface area contributed by atoms with Crippen molar-refractivity contribution >= 4 is 0 Å². The molecule has 0 atom stereocenters. The molecule has 0 fully saturated rings. The summed E-state index contributed by atoms with van der Waals surface area (Å²) in [5.41, 5.74) is 5.28. The third kappa shape index (κ3) is 1.64. The number of hydrogen-bond donors (Lipinski definition) is 0. The summed E-state index contributed by atoms with van der Waals surface area (Å²) in [6.07, 6.45) is 6.38. The van der Waals surface area contributed by atoms with Crippen LogP contribution in [0.15, 0.2) is 59.3 Å². The Bertz CT molecular complexity index is 692. The van der Waals surface area contributed by atoms with E-state index >= 15 is 0 Å². The molecule has 2 nitrogen and oxygen atoms in total. The van der Waals surface area contributed by atoms with Crippen LogP contribution in [0, 0.1) is 0 Å². The van der Waals surface area contributed by atoms with Crippen LogP contribution >= 0.6 is 0 Å². The third-order valence-corrected chi connectivity index (χ3v) is 3.85. The van der Waals surface area contributed by atoms with E-state index in [0.29, 0.717) is 0 Å². The van der Waals surface area contributed by atoms with Gasteiger partial charge in [-0.2, -0.15) is 0 Å². The fraction of sp³-hybridized carbons (Fsp3) is 0.176. The van der Waals surface area contributed by atoms with Crippen LogP contribution in [0.4, 0.5) is 0 Å². The lowest BCUT2D eigenvalue weighted by atomic mass is 9.99. The zero-order valence-corrected chi connectivity index (χ0v) is 10.7. The molecule has 2 aromatic heterocycles. The number of furan rings is 1. The van der Waals surface area contributed by atoms with E-state index in [0.717, 1.165) is 18.7 Å². The van der Waals surface area contributed by atoms with Gasteiger partial charge in [0.05, 0.1) is 6.26 Å². The van der Waals surface area contributed by atoms with Crippen molar-refractivity contribution in [1.29, 1.82) is 0 Å². The van der Waals surface area contributed by atoms with Gasteiger partial charge in [-0.25, -0.2) is 0 Å². The predicted molar refractivity (Wildman–Crippen MR) is 75.9 cm³/mol. The quantitative estimate of drug-likeness (QED) is 0.660. The summed E-state index contributed by atoms with van der Waals surface area (Å²) in [6.45, 7) is 1.12. The van der Waals surface area contributed by atoms with Crippen molar-refractivity contribution in [2.24, 2.45) is 0 Å². The second-order valence-corrected chi connectivity index (χ2v) is 5.00. The average molecular weight is 249 g/mol. The van der Waals surface area contributed by atoms with Crippen molar-refractivity contribution in [1.82, 2.24) is 4.57 Å². The monoisotopic (exact) mass is 249 g/mol. The Morgan fingerprint density at radius 3 is 2.68 bits per heavy atom. The van der Waals surface area contributed by atoms with Gasteiger partial charge in [-0.15, -0.1) is 0 Å². The van der Waals surface area contributed by atoms with Gasteiger partial charge in [0.25, 0.3) is 0 Å². The van der Waals surface area contributed by atoms with Crippen LogP contribution < -0.4 is 0 Å². The fourth-order valence-electron chi connectivity index (χ4n) is 3.03. The van der Waals surface area contributed by atoms with Crippen molar-refractivity contribution in [3.05, 3.63) is 60.6 Å². The highest BCUT2D eigenvalue weighted by molar-refractivity contribution is 5.84. The summed E-state index contributed by atoms with van der Waals surface area (Å²) in [5.74, 6) is 0.959. The minimum Gasteiger partial charge on any atom is -0.464 e. The Hall–Kier alpha value is -2.22. The van der Waals surface area contributed by atoms with Crippen LogP contribution in [0.5, 0.6) is 0 Å². The SMILES string of the molecule is c1ccc(-c2c(-c3ccco3)cn3c2CCC3)cc1. The second-order valence-electron chi connectivity index (χ2n) is 5.00. The van der Waals surface area contributed by atoms with Gasteiger partial charge in [0, 0.05) is 29.6 Å². The fourth-order valence-corrected chi connectivity index (χ4v) is 3.03. The first-order valence-electron chi connectivity index (χ1n) is 6.75. The highest BCUT2D eigenvalue weighted by Gasteiger charge is 2.22. The van der Waals surface area contributed by atoms with Gasteiger partial charge in [-0.3, -0.25) is 0 Å². The van der Waals surface area contributed by atoms with Crippen LogP contribution in [0.3, 0.4) is 0 Å². The summed E-state index contributed by atoms with van der Waals surface area (Å²) < 4.78 is 7.98. The van der Waals surface area contributed by atoms with Gasteiger partial charge in [0.2, 0.25) is 0 Å². The molecule has 3 heterocycles. The van der Waals surface area contributed by atoms with E-state index in [1.54, 1.807) is 6.26 Å². The first-order valence-corrected chi connectivity index (χ1v) is 6.75. The molecule has 3 aromatic rings. The van der Waals surface area contributed by atoms with Crippen molar-refractivity contribution in [3.8, 4) is 22.5 Å². The van der Waals surface area contributed by atoms with Gasteiger partial charge < -0.3 is 8.98 Å². The predicted octanol–water partition coefficient (Wildman–Crippen LogP) is 4.36. The number of benzene rings is 1. The maximum Gasteiger partial charge on any atom is 0.136 e. The molecule has 1 aliphatic rings. The number of rotatable bonds is 2. The number of fused-ring (bicyclic) bond motifs is 1. The molecule has 0 amide bonds. The molecule has 0 saturated heterocycles. The Balaban J connectivity index is 1.98. The molecule has 2 heteroatoms. The van der Waals surface area contributed by atoms with Crippen LogP contribution in [0.25, 0.3) is 22.5 Å². The largest absolute Gasteiger partial charge is 0.464 e. The molecule has 0 bridgehead atoms. The van der Waals surface area contributed by atoms with Crippen LogP contribution in [-0.4, -0.2) is 4.57 Å². The summed E-state index contributed by atoms with van der Waals surface area (Å²) in [5, 5.41) is 0.